The largest absolute Gasteiger partial charge is 0.456 e. The van der Waals surface area contributed by atoms with E-state index in [1.807, 2.05) is 39.0 Å². The highest BCUT2D eigenvalue weighted by molar-refractivity contribution is 9.09. The number of carbonyl (C=O) groups excluding carboxylic acids is 1. The van der Waals surface area contributed by atoms with E-state index in [4.69, 9.17) is 4.74 Å². The number of carbonyl (C=O) groups is 1. The van der Waals surface area contributed by atoms with Crippen LogP contribution in [-0.4, -0.2) is 23.1 Å². The van der Waals surface area contributed by atoms with E-state index in [1.54, 1.807) is 0 Å². The topological polar surface area (TPSA) is 26.3 Å². The summed E-state index contributed by atoms with van der Waals surface area (Å²) < 4.78 is 19.1. The van der Waals surface area contributed by atoms with E-state index in [-0.39, 0.29) is 11.9 Å². The molecule has 1 fully saturated rings. The Morgan fingerprint density at radius 3 is 2.48 bits per heavy atom. The number of benzene rings is 1. The van der Waals surface area contributed by atoms with Crippen LogP contribution in [0, 0.1) is 0 Å². The van der Waals surface area contributed by atoms with Crippen LogP contribution in [0.3, 0.4) is 0 Å². The molecule has 1 aliphatic rings. The number of alkyl halides is 2. The Bertz CT molecular complexity index is 543. The summed E-state index contributed by atoms with van der Waals surface area (Å²) in [6.45, 7) is 5.64. The number of hydrogen-bond donors (Lipinski definition) is 0. The van der Waals surface area contributed by atoms with Gasteiger partial charge >= 0.3 is 5.97 Å². The maximum Gasteiger partial charge on any atom is 0.339 e. The van der Waals surface area contributed by atoms with E-state index in [0.717, 1.165) is 35.7 Å². The summed E-state index contributed by atoms with van der Waals surface area (Å²) in [5.41, 5.74) is 2.22. The lowest BCUT2D eigenvalue weighted by molar-refractivity contribution is 0.00663. The molecule has 1 aromatic rings. The minimum atomic E-state index is -0.693. The van der Waals surface area contributed by atoms with Gasteiger partial charge in [-0.15, -0.1) is 0 Å². The number of ether oxygens (including phenoxy) is 1. The SMILES string of the molecule is CC(C)(C)OC(=O)c1c(CCBr)cccc1C1CCC(F)CC1. The van der Waals surface area contributed by atoms with Gasteiger partial charge in [0.05, 0.1) is 5.56 Å². The molecule has 128 valence electrons. The van der Waals surface area contributed by atoms with E-state index in [1.165, 1.54) is 0 Å². The normalized spacial score (nSPS) is 22.0. The molecule has 0 radical (unpaired) electrons. The molecule has 0 N–H and O–H groups in total. The molecule has 0 amide bonds. The Hall–Kier alpha value is -0.900. The molecule has 0 aromatic heterocycles. The molecule has 1 aliphatic carbocycles. The molecule has 0 saturated heterocycles. The van der Waals surface area contributed by atoms with Crippen molar-refractivity contribution in [2.45, 2.75) is 70.6 Å². The van der Waals surface area contributed by atoms with E-state index in [2.05, 4.69) is 15.9 Å². The monoisotopic (exact) mass is 384 g/mol. The second kappa shape index (κ2) is 7.78. The summed E-state index contributed by atoms with van der Waals surface area (Å²) in [4.78, 5) is 12.8. The van der Waals surface area contributed by atoms with Crippen molar-refractivity contribution in [3.63, 3.8) is 0 Å². The van der Waals surface area contributed by atoms with Crippen molar-refractivity contribution < 1.29 is 13.9 Å². The van der Waals surface area contributed by atoms with Crippen LogP contribution in [0.2, 0.25) is 0 Å². The first-order valence-electron chi connectivity index (χ1n) is 8.37. The number of hydrogen-bond acceptors (Lipinski definition) is 2. The van der Waals surface area contributed by atoms with Gasteiger partial charge in [0.15, 0.2) is 0 Å². The molecule has 0 atom stereocenters. The fourth-order valence-electron chi connectivity index (χ4n) is 3.21. The molecule has 1 saturated carbocycles. The molecule has 2 rings (SSSR count). The fourth-order valence-corrected chi connectivity index (χ4v) is 3.64. The van der Waals surface area contributed by atoms with Crippen LogP contribution in [0.25, 0.3) is 0 Å². The zero-order valence-corrected chi connectivity index (χ0v) is 15.8. The zero-order valence-electron chi connectivity index (χ0n) is 14.2. The van der Waals surface area contributed by atoms with Crippen LogP contribution in [0.4, 0.5) is 4.39 Å². The van der Waals surface area contributed by atoms with Crippen LogP contribution in [-0.2, 0) is 11.2 Å². The Balaban J connectivity index is 2.37. The summed E-state index contributed by atoms with van der Waals surface area (Å²) in [6.07, 6.45) is 2.86. The summed E-state index contributed by atoms with van der Waals surface area (Å²) in [5.74, 6) is -0.00813. The molecule has 1 aromatic carbocycles. The first kappa shape index (κ1) is 18.4. The first-order chi connectivity index (χ1) is 10.8. The van der Waals surface area contributed by atoms with Gasteiger partial charge in [0.25, 0.3) is 0 Å². The maximum absolute atomic E-state index is 13.5. The van der Waals surface area contributed by atoms with Crippen molar-refractivity contribution >= 4 is 21.9 Å². The standard InChI is InChI=1S/C19H26BrFO2/c1-19(2,3)23-18(22)17-14(11-12-20)5-4-6-16(17)13-7-9-15(21)10-8-13/h4-6,13,15H,7-12H2,1-3H3. The van der Waals surface area contributed by atoms with Gasteiger partial charge in [0.1, 0.15) is 11.8 Å². The van der Waals surface area contributed by atoms with E-state index in [0.29, 0.717) is 18.4 Å². The molecular weight excluding hydrogens is 359 g/mol. The summed E-state index contributed by atoms with van der Waals surface area (Å²) in [5, 5.41) is 0.795. The van der Waals surface area contributed by atoms with Crippen LogP contribution >= 0.6 is 15.9 Å². The van der Waals surface area contributed by atoms with Crippen LogP contribution in [0.15, 0.2) is 18.2 Å². The first-order valence-corrected chi connectivity index (χ1v) is 9.49. The Morgan fingerprint density at radius 2 is 1.91 bits per heavy atom. The predicted octanol–water partition coefficient (Wildman–Crippen LogP) is 5.58. The number of esters is 1. The minimum Gasteiger partial charge on any atom is -0.456 e. The highest BCUT2D eigenvalue weighted by Crippen LogP contribution is 2.37. The van der Waals surface area contributed by atoms with Crippen molar-refractivity contribution in [2.75, 3.05) is 5.33 Å². The number of halogens is 2. The number of rotatable bonds is 4. The summed E-state index contributed by atoms with van der Waals surface area (Å²) in [7, 11) is 0. The van der Waals surface area contributed by atoms with Crippen molar-refractivity contribution in [3.05, 3.63) is 34.9 Å². The number of aryl methyl sites for hydroxylation is 1. The third-order valence-corrected chi connectivity index (χ3v) is 4.64. The molecular formula is C19H26BrFO2. The molecule has 23 heavy (non-hydrogen) atoms. The van der Waals surface area contributed by atoms with Gasteiger partial charge in [-0.1, -0.05) is 34.1 Å². The van der Waals surface area contributed by atoms with Gasteiger partial charge < -0.3 is 4.74 Å². The average molecular weight is 385 g/mol. The molecule has 0 bridgehead atoms. The van der Waals surface area contributed by atoms with Crippen LogP contribution < -0.4 is 0 Å². The maximum atomic E-state index is 13.5. The predicted molar refractivity (Wildman–Crippen MR) is 95.2 cm³/mol. The Labute approximate surface area is 146 Å². The molecule has 4 heteroatoms. The zero-order chi connectivity index (χ0) is 17.0. The van der Waals surface area contributed by atoms with Crippen molar-refractivity contribution in [2.24, 2.45) is 0 Å². The molecule has 0 unspecified atom stereocenters. The van der Waals surface area contributed by atoms with E-state index < -0.39 is 11.8 Å². The van der Waals surface area contributed by atoms with E-state index >= 15 is 0 Å². The van der Waals surface area contributed by atoms with E-state index in [9.17, 15) is 9.18 Å². The smallest absolute Gasteiger partial charge is 0.339 e. The fraction of sp³-hybridized carbons (Fsp3) is 0.632. The second-order valence-electron chi connectivity index (χ2n) is 7.27. The van der Waals surface area contributed by atoms with Gasteiger partial charge in [-0.25, -0.2) is 9.18 Å². The highest BCUT2D eigenvalue weighted by Gasteiger charge is 2.29. The van der Waals surface area contributed by atoms with Crippen molar-refractivity contribution in [1.82, 2.24) is 0 Å². The van der Waals surface area contributed by atoms with Crippen molar-refractivity contribution in [3.8, 4) is 0 Å². The second-order valence-corrected chi connectivity index (χ2v) is 8.06. The lowest BCUT2D eigenvalue weighted by atomic mass is 9.80. The minimum absolute atomic E-state index is 0.250. The lowest BCUT2D eigenvalue weighted by Gasteiger charge is -2.28. The van der Waals surface area contributed by atoms with Crippen LogP contribution in [0.5, 0.6) is 0 Å². The quantitative estimate of drug-likeness (QED) is 0.500. The van der Waals surface area contributed by atoms with Gasteiger partial charge in [0.2, 0.25) is 0 Å². The molecule has 0 heterocycles. The Morgan fingerprint density at radius 1 is 1.26 bits per heavy atom. The van der Waals surface area contributed by atoms with Gasteiger partial charge in [-0.2, -0.15) is 0 Å². The summed E-state index contributed by atoms with van der Waals surface area (Å²) >= 11 is 3.46. The van der Waals surface area contributed by atoms with Crippen molar-refractivity contribution in [1.29, 1.82) is 0 Å². The van der Waals surface area contributed by atoms with Gasteiger partial charge in [0, 0.05) is 5.33 Å². The third kappa shape index (κ3) is 5.03. The Kier molecular flexibility index (Phi) is 6.24. The van der Waals surface area contributed by atoms with Gasteiger partial charge in [-0.05, 0) is 69.9 Å². The average Bonchev–Trinajstić information content (AvgIpc) is 2.46. The lowest BCUT2D eigenvalue weighted by Crippen LogP contribution is -2.26. The molecule has 0 aliphatic heterocycles. The third-order valence-electron chi connectivity index (χ3n) is 4.25. The molecule has 2 nitrogen and oxygen atoms in total. The summed E-state index contributed by atoms with van der Waals surface area (Å²) in [6, 6.07) is 6.01. The highest BCUT2D eigenvalue weighted by atomic mass is 79.9. The molecule has 0 spiro atoms. The van der Waals surface area contributed by atoms with Gasteiger partial charge in [-0.3, -0.25) is 0 Å². The van der Waals surface area contributed by atoms with Crippen LogP contribution in [0.1, 0.15) is 73.9 Å².